The van der Waals surface area contributed by atoms with Crippen molar-refractivity contribution in [2.45, 2.75) is 86.8 Å². The molecule has 33 heavy (non-hydrogen) atoms. The molecule has 7 rings (SSSR count). The van der Waals surface area contributed by atoms with Crippen LogP contribution in [0.25, 0.3) is 0 Å². The van der Waals surface area contributed by atoms with Gasteiger partial charge < -0.3 is 33.9 Å². The zero-order valence-electron chi connectivity index (χ0n) is 20.5. The standard InChI is InChI=1S/C25H39NO7/c1-6-26-11-21(2)8-7-15(30-4)24-18(21)19(27)25(20(24)26)23(32-12-33-25)10-14(29-3)13-9-22(24,28)17(23)16(13)31-5/h13-20,27-28H,6-12H2,1-5H3/t13-,14-,15-,16-,17?,18+,19-,20-,21-,22-,23+,24+,25-/m0/s1. The lowest BCUT2D eigenvalue weighted by Gasteiger charge is -2.72. The Morgan fingerprint density at radius 3 is 2.52 bits per heavy atom. The quantitative estimate of drug-likeness (QED) is 0.630. The summed E-state index contributed by atoms with van der Waals surface area (Å²) >= 11 is 0. The topological polar surface area (TPSA) is 89.9 Å². The van der Waals surface area contributed by atoms with Crippen LogP contribution in [0.1, 0.15) is 39.5 Å². The Bertz CT molecular complexity index is 874. The molecule has 8 heteroatoms. The van der Waals surface area contributed by atoms with Crippen LogP contribution in [0.15, 0.2) is 0 Å². The molecule has 7 bridgehead atoms. The van der Waals surface area contributed by atoms with Crippen LogP contribution < -0.4 is 0 Å². The molecule has 2 N–H and O–H groups in total. The molecule has 0 aromatic carbocycles. The smallest absolute Gasteiger partial charge is 0.148 e. The lowest BCUT2D eigenvalue weighted by atomic mass is 9.41. The summed E-state index contributed by atoms with van der Waals surface area (Å²) < 4.78 is 31.8. The lowest BCUT2D eigenvalue weighted by molar-refractivity contribution is -0.332. The molecule has 186 valence electrons. The van der Waals surface area contributed by atoms with Crippen molar-refractivity contribution in [2.75, 3.05) is 41.2 Å². The normalized spacial score (nSPS) is 64.8. The average molecular weight is 466 g/mol. The molecule has 0 radical (unpaired) electrons. The van der Waals surface area contributed by atoms with Crippen LogP contribution in [-0.4, -0.2) is 104 Å². The summed E-state index contributed by atoms with van der Waals surface area (Å²) in [7, 11) is 5.25. The van der Waals surface area contributed by atoms with E-state index in [1.807, 2.05) is 0 Å². The minimum atomic E-state index is -1.12. The van der Waals surface area contributed by atoms with Gasteiger partial charge in [0.25, 0.3) is 0 Å². The number of aliphatic hydroxyl groups is 2. The molecule has 3 spiro atoms. The Labute approximate surface area is 195 Å². The summed E-state index contributed by atoms with van der Waals surface area (Å²) in [6.45, 7) is 6.32. The second-order valence-electron chi connectivity index (χ2n) is 12.3. The van der Waals surface area contributed by atoms with Crippen molar-refractivity contribution < 1.29 is 33.9 Å². The first kappa shape index (κ1) is 21.9. The van der Waals surface area contributed by atoms with E-state index in [1.54, 1.807) is 21.3 Å². The largest absolute Gasteiger partial charge is 0.390 e. The van der Waals surface area contributed by atoms with Crippen molar-refractivity contribution >= 4 is 0 Å². The van der Waals surface area contributed by atoms with Crippen molar-refractivity contribution in [1.29, 1.82) is 0 Å². The predicted molar refractivity (Wildman–Crippen MR) is 116 cm³/mol. The van der Waals surface area contributed by atoms with Gasteiger partial charge in [0.15, 0.2) is 0 Å². The number of hydrogen-bond donors (Lipinski definition) is 2. The third-order valence-electron chi connectivity index (χ3n) is 11.9. The Morgan fingerprint density at radius 2 is 1.85 bits per heavy atom. The van der Waals surface area contributed by atoms with Crippen LogP contribution in [0.4, 0.5) is 0 Å². The molecule has 5 aliphatic carbocycles. The van der Waals surface area contributed by atoms with E-state index >= 15 is 0 Å². The monoisotopic (exact) mass is 465 g/mol. The molecule has 7 fully saturated rings. The average Bonchev–Trinajstić information content (AvgIpc) is 3.35. The SMILES string of the molecule is CCN1C[C@]2(C)CC[C@H](OC)[C@]34[C@@H]2[C@H](O)[C@]2(OCO[C@@]25C[C@H](OC)[C@@H]2C[C@]3(O)C5[C@H]2OC)[C@@H]14. The van der Waals surface area contributed by atoms with E-state index in [9.17, 15) is 10.2 Å². The third kappa shape index (κ3) is 1.85. The highest BCUT2D eigenvalue weighted by atomic mass is 16.7. The maximum absolute atomic E-state index is 13.2. The summed E-state index contributed by atoms with van der Waals surface area (Å²) in [6.07, 6.45) is 1.72. The first-order valence-corrected chi connectivity index (χ1v) is 12.8. The van der Waals surface area contributed by atoms with Gasteiger partial charge in [-0.15, -0.1) is 0 Å². The number of rotatable bonds is 4. The van der Waals surface area contributed by atoms with E-state index in [2.05, 4.69) is 18.7 Å². The molecule has 8 nitrogen and oxygen atoms in total. The van der Waals surface area contributed by atoms with E-state index in [1.165, 1.54) is 0 Å². The second kappa shape index (κ2) is 6.32. The molecular weight excluding hydrogens is 426 g/mol. The van der Waals surface area contributed by atoms with E-state index in [0.717, 1.165) is 25.9 Å². The molecule has 1 unspecified atom stereocenters. The van der Waals surface area contributed by atoms with E-state index < -0.39 is 28.3 Å². The maximum Gasteiger partial charge on any atom is 0.148 e. The van der Waals surface area contributed by atoms with Crippen molar-refractivity contribution in [2.24, 2.45) is 28.6 Å². The molecule has 0 aromatic heterocycles. The van der Waals surface area contributed by atoms with Gasteiger partial charge in [-0.3, -0.25) is 4.90 Å². The number of aliphatic hydroxyl groups excluding tert-OH is 1. The first-order chi connectivity index (χ1) is 15.8. The van der Waals surface area contributed by atoms with Crippen LogP contribution in [0.2, 0.25) is 0 Å². The van der Waals surface area contributed by atoms with Gasteiger partial charge in [0.2, 0.25) is 0 Å². The molecular formula is C25H39NO7. The number of ether oxygens (including phenoxy) is 5. The summed E-state index contributed by atoms with van der Waals surface area (Å²) in [4.78, 5) is 2.48. The molecule has 2 heterocycles. The highest BCUT2D eigenvalue weighted by Gasteiger charge is 2.96. The third-order valence-corrected chi connectivity index (χ3v) is 11.9. The molecule has 7 aliphatic rings. The molecule has 0 amide bonds. The van der Waals surface area contributed by atoms with Crippen LogP contribution >= 0.6 is 0 Å². The molecule has 13 atom stereocenters. The van der Waals surface area contributed by atoms with Gasteiger partial charge in [-0.2, -0.15) is 0 Å². The van der Waals surface area contributed by atoms with Gasteiger partial charge in [0, 0.05) is 52.0 Å². The number of nitrogens with zero attached hydrogens (tertiary/aromatic N) is 1. The molecule has 0 aromatic rings. The molecule has 2 saturated heterocycles. The predicted octanol–water partition coefficient (Wildman–Crippen LogP) is 0.779. The van der Waals surface area contributed by atoms with E-state index in [4.69, 9.17) is 23.7 Å². The number of hydrogen-bond acceptors (Lipinski definition) is 8. The highest BCUT2D eigenvalue weighted by molar-refractivity contribution is 5.46. The van der Waals surface area contributed by atoms with Gasteiger partial charge in [0.05, 0.1) is 41.5 Å². The Kier molecular flexibility index (Phi) is 4.20. The fraction of sp³-hybridized carbons (Fsp3) is 1.00. The minimum Gasteiger partial charge on any atom is -0.390 e. The van der Waals surface area contributed by atoms with Gasteiger partial charge in [-0.05, 0) is 31.2 Å². The number of likely N-dealkylation sites (N-methyl/N-ethyl adjacent to an activating group) is 1. The summed E-state index contributed by atoms with van der Waals surface area (Å²) in [5.41, 5.74) is -3.76. The molecule has 2 aliphatic heterocycles. The Morgan fingerprint density at radius 1 is 1.06 bits per heavy atom. The second-order valence-corrected chi connectivity index (χ2v) is 12.3. The zero-order valence-corrected chi connectivity index (χ0v) is 20.5. The van der Waals surface area contributed by atoms with Crippen LogP contribution in [0, 0.1) is 28.6 Å². The van der Waals surface area contributed by atoms with Crippen LogP contribution in [0.3, 0.4) is 0 Å². The van der Waals surface area contributed by atoms with Crippen molar-refractivity contribution in [1.82, 2.24) is 4.90 Å². The first-order valence-electron chi connectivity index (χ1n) is 12.8. The Hall–Kier alpha value is -0.320. The van der Waals surface area contributed by atoms with Crippen molar-refractivity contribution in [3.8, 4) is 0 Å². The summed E-state index contributed by atoms with van der Waals surface area (Å²) in [5, 5.41) is 25.6. The number of piperidine rings is 1. The van der Waals surface area contributed by atoms with E-state index in [0.29, 0.717) is 12.8 Å². The number of fused-ring (bicyclic) bond motifs is 1. The van der Waals surface area contributed by atoms with Crippen molar-refractivity contribution in [3.05, 3.63) is 0 Å². The van der Waals surface area contributed by atoms with Gasteiger partial charge in [0.1, 0.15) is 18.0 Å². The van der Waals surface area contributed by atoms with Gasteiger partial charge in [-0.1, -0.05) is 13.8 Å². The van der Waals surface area contributed by atoms with E-state index in [-0.39, 0.29) is 54.3 Å². The number of likely N-dealkylation sites (tertiary alicyclic amines) is 1. The summed E-state index contributed by atoms with van der Waals surface area (Å²) in [6, 6.07) is -0.191. The Balaban J connectivity index is 1.60. The molecule has 5 saturated carbocycles. The van der Waals surface area contributed by atoms with Gasteiger partial charge in [-0.25, -0.2) is 0 Å². The fourth-order valence-corrected chi connectivity index (χ4v) is 11.5. The van der Waals surface area contributed by atoms with Crippen molar-refractivity contribution in [3.63, 3.8) is 0 Å². The highest BCUT2D eigenvalue weighted by Crippen LogP contribution is 2.83. The number of methoxy groups -OCH3 is 3. The zero-order chi connectivity index (χ0) is 23.2. The van der Waals surface area contributed by atoms with Gasteiger partial charge >= 0.3 is 0 Å². The summed E-state index contributed by atoms with van der Waals surface area (Å²) in [5.74, 6) is -0.376. The van der Waals surface area contributed by atoms with Crippen LogP contribution in [0.5, 0.6) is 0 Å². The lowest BCUT2D eigenvalue weighted by Crippen LogP contribution is -2.85. The van der Waals surface area contributed by atoms with Crippen LogP contribution in [-0.2, 0) is 23.7 Å². The minimum absolute atomic E-state index is 0.0641. The maximum atomic E-state index is 13.2. The fourth-order valence-electron chi connectivity index (χ4n) is 11.5.